The summed E-state index contributed by atoms with van der Waals surface area (Å²) in [5, 5.41) is 13.7. The number of likely N-dealkylation sites (tertiary alicyclic amines) is 1. The monoisotopic (exact) mass is 273 g/mol. The molecule has 2 N–H and O–H groups in total. The maximum atomic E-state index is 10.9. The van der Waals surface area contributed by atoms with Crippen LogP contribution in [0.15, 0.2) is 30.5 Å². The van der Waals surface area contributed by atoms with Gasteiger partial charge in [0.05, 0.1) is 0 Å². The summed E-state index contributed by atoms with van der Waals surface area (Å²) < 4.78 is 2.10. The molecule has 106 valence electrons. The molecule has 0 bridgehead atoms. The van der Waals surface area contributed by atoms with Crippen molar-refractivity contribution >= 4 is 22.7 Å². The summed E-state index contributed by atoms with van der Waals surface area (Å²) in [6.07, 6.45) is 2.96. The quantitative estimate of drug-likeness (QED) is 0.884. The van der Waals surface area contributed by atoms with E-state index in [1.165, 1.54) is 15.8 Å². The van der Waals surface area contributed by atoms with Gasteiger partial charge in [0.2, 0.25) is 0 Å². The predicted octanol–water partition coefficient (Wildman–Crippen LogP) is 2.73. The molecule has 0 saturated carbocycles. The second-order valence-corrected chi connectivity index (χ2v) is 5.39. The average Bonchev–Trinajstić information content (AvgIpc) is 2.81. The Morgan fingerprint density at radius 3 is 2.75 bits per heavy atom. The standard InChI is InChI=1S/C15H19N3O2/c1-17-7-4-11-10-13(2-3-14(11)17)16-12-5-8-18(9-6-12)15(19)20/h2-4,7,10,12,16H,5-6,8-9H2,1H3,(H,19,20). The zero-order valence-electron chi connectivity index (χ0n) is 11.5. The molecule has 1 saturated heterocycles. The van der Waals surface area contributed by atoms with Gasteiger partial charge in [-0.1, -0.05) is 0 Å². The second kappa shape index (κ2) is 5.07. The number of carboxylic acid groups (broad SMARTS) is 1. The lowest BCUT2D eigenvalue weighted by Crippen LogP contribution is -2.41. The van der Waals surface area contributed by atoms with Crippen molar-refractivity contribution in [2.75, 3.05) is 18.4 Å². The Morgan fingerprint density at radius 1 is 1.30 bits per heavy atom. The minimum Gasteiger partial charge on any atom is -0.465 e. The Morgan fingerprint density at radius 2 is 2.05 bits per heavy atom. The van der Waals surface area contributed by atoms with Crippen molar-refractivity contribution in [2.45, 2.75) is 18.9 Å². The van der Waals surface area contributed by atoms with Gasteiger partial charge >= 0.3 is 6.09 Å². The molecule has 1 aromatic heterocycles. The van der Waals surface area contributed by atoms with Crippen molar-refractivity contribution in [3.8, 4) is 0 Å². The molecule has 2 aromatic rings. The number of amides is 1. The third-order valence-corrected chi connectivity index (χ3v) is 4.02. The molecule has 2 heterocycles. The molecule has 5 nitrogen and oxygen atoms in total. The van der Waals surface area contributed by atoms with Crippen molar-refractivity contribution in [1.82, 2.24) is 9.47 Å². The number of hydrogen-bond acceptors (Lipinski definition) is 2. The zero-order chi connectivity index (χ0) is 14.1. The van der Waals surface area contributed by atoms with Gasteiger partial charge in [0.25, 0.3) is 0 Å². The van der Waals surface area contributed by atoms with Crippen molar-refractivity contribution in [1.29, 1.82) is 0 Å². The first-order valence-corrected chi connectivity index (χ1v) is 6.93. The van der Waals surface area contributed by atoms with E-state index in [0.717, 1.165) is 18.5 Å². The van der Waals surface area contributed by atoms with Gasteiger partial charge in [0.1, 0.15) is 0 Å². The van der Waals surface area contributed by atoms with Gasteiger partial charge in [-0.15, -0.1) is 0 Å². The van der Waals surface area contributed by atoms with Crippen LogP contribution in [0.3, 0.4) is 0 Å². The van der Waals surface area contributed by atoms with Gasteiger partial charge in [0, 0.05) is 49.0 Å². The van der Waals surface area contributed by atoms with Gasteiger partial charge in [-0.2, -0.15) is 0 Å². The van der Waals surface area contributed by atoms with Crippen LogP contribution in [0.1, 0.15) is 12.8 Å². The molecule has 0 aliphatic carbocycles. The van der Waals surface area contributed by atoms with E-state index < -0.39 is 6.09 Å². The first-order valence-electron chi connectivity index (χ1n) is 6.93. The van der Waals surface area contributed by atoms with Crippen LogP contribution in [0.5, 0.6) is 0 Å². The third kappa shape index (κ3) is 2.43. The van der Waals surface area contributed by atoms with Gasteiger partial charge < -0.3 is 19.9 Å². The summed E-state index contributed by atoms with van der Waals surface area (Å²) in [6.45, 7) is 1.22. The topological polar surface area (TPSA) is 57.5 Å². The van der Waals surface area contributed by atoms with E-state index in [4.69, 9.17) is 5.11 Å². The smallest absolute Gasteiger partial charge is 0.407 e. The van der Waals surface area contributed by atoms with Crippen molar-refractivity contribution in [3.05, 3.63) is 30.5 Å². The van der Waals surface area contributed by atoms with E-state index in [0.29, 0.717) is 19.1 Å². The summed E-state index contributed by atoms with van der Waals surface area (Å²) in [6, 6.07) is 8.81. The number of hydrogen-bond donors (Lipinski definition) is 2. The fourth-order valence-corrected chi connectivity index (χ4v) is 2.82. The summed E-state index contributed by atoms with van der Waals surface area (Å²) in [5.41, 5.74) is 2.33. The van der Waals surface area contributed by atoms with Crippen LogP contribution in [-0.2, 0) is 7.05 Å². The lowest BCUT2D eigenvalue weighted by molar-refractivity contribution is 0.134. The van der Waals surface area contributed by atoms with E-state index in [1.54, 1.807) is 0 Å². The van der Waals surface area contributed by atoms with E-state index >= 15 is 0 Å². The molecule has 0 unspecified atom stereocenters. The predicted molar refractivity (Wildman–Crippen MR) is 79.2 cm³/mol. The van der Waals surface area contributed by atoms with Crippen molar-refractivity contribution < 1.29 is 9.90 Å². The first-order chi connectivity index (χ1) is 9.63. The molecule has 3 rings (SSSR count). The van der Waals surface area contributed by atoms with E-state index in [9.17, 15) is 4.79 Å². The highest BCUT2D eigenvalue weighted by Gasteiger charge is 2.21. The molecule has 0 atom stereocenters. The summed E-state index contributed by atoms with van der Waals surface area (Å²) in [4.78, 5) is 12.4. The number of nitrogens with zero attached hydrogens (tertiary/aromatic N) is 2. The van der Waals surface area contributed by atoms with Gasteiger partial charge in [-0.3, -0.25) is 0 Å². The van der Waals surface area contributed by atoms with Crippen LogP contribution in [-0.4, -0.2) is 39.8 Å². The second-order valence-electron chi connectivity index (χ2n) is 5.39. The minimum atomic E-state index is -0.811. The average molecular weight is 273 g/mol. The molecule has 1 aromatic carbocycles. The van der Waals surface area contributed by atoms with E-state index in [2.05, 4.69) is 40.3 Å². The number of fused-ring (bicyclic) bond motifs is 1. The minimum absolute atomic E-state index is 0.353. The van der Waals surface area contributed by atoms with Gasteiger partial charge in [0.15, 0.2) is 0 Å². The highest BCUT2D eigenvalue weighted by molar-refractivity contribution is 5.83. The number of carbonyl (C=O) groups is 1. The molecule has 20 heavy (non-hydrogen) atoms. The highest BCUT2D eigenvalue weighted by atomic mass is 16.4. The fraction of sp³-hybridized carbons (Fsp3) is 0.400. The Balaban J connectivity index is 1.66. The molecular formula is C15H19N3O2. The first kappa shape index (κ1) is 12.8. The number of aromatic nitrogens is 1. The van der Waals surface area contributed by atoms with Crippen LogP contribution in [0.2, 0.25) is 0 Å². The van der Waals surface area contributed by atoms with Crippen molar-refractivity contribution in [3.63, 3.8) is 0 Å². The fourth-order valence-electron chi connectivity index (χ4n) is 2.82. The number of rotatable bonds is 2. The van der Waals surface area contributed by atoms with Gasteiger partial charge in [-0.05, 0) is 37.1 Å². The van der Waals surface area contributed by atoms with Crippen molar-refractivity contribution in [2.24, 2.45) is 7.05 Å². The SMILES string of the molecule is Cn1ccc2cc(NC3CCN(C(=O)O)CC3)ccc21. The van der Waals surface area contributed by atoms with Crippen LogP contribution in [0, 0.1) is 0 Å². The molecule has 0 radical (unpaired) electrons. The Hall–Kier alpha value is -2.17. The molecule has 1 amide bonds. The van der Waals surface area contributed by atoms with Crippen LogP contribution >= 0.6 is 0 Å². The van der Waals surface area contributed by atoms with E-state index in [-0.39, 0.29) is 0 Å². The van der Waals surface area contributed by atoms with Crippen LogP contribution < -0.4 is 5.32 Å². The summed E-state index contributed by atoms with van der Waals surface area (Å²) in [7, 11) is 2.04. The maximum absolute atomic E-state index is 10.9. The number of aryl methyl sites for hydroxylation is 1. The number of benzene rings is 1. The molecular weight excluding hydrogens is 254 g/mol. The van der Waals surface area contributed by atoms with E-state index in [1.807, 2.05) is 7.05 Å². The number of anilines is 1. The van der Waals surface area contributed by atoms with Gasteiger partial charge in [-0.25, -0.2) is 4.79 Å². The Kier molecular flexibility index (Phi) is 3.26. The molecule has 1 aliphatic heterocycles. The summed E-state index contributed by atoms with van der Waals surface area (Å²) in [5.74, 6) is 0. The Labute approximate surface area is 117 Å². The zero-order valence-corrected chi connectivity index (χ0v) is 11.5. The third-order valence-electron chi connectivity index (χ3n) is 4.02. The number of piperidine rings is 1. The molecule has 5 heteroatoms. The summed E-state index contributed by atoms with van der Waals surface area (Å²) >= 11 is 0. The Bertz CT molecular complexity index is 627. The van der Waals surface area contributed by atoms with Crippen LogP contribution in [0.4, 0.5) is 10.5 Å². The lowest BCUT2D eigenvalue weighted by atomic mass is 10.0. The molecule has 1 fully saturated rings. The molecule has 0 spiro atoms. The highest BCUT2D eigenvalue weighted by Crippen LogP contribution is 2.22. The normalized spacial score (nSPS) is 16.6. The molecule has 1 aliphatic rings. The number of nitrogens with one attached hydrogen (secondary N) is 1. The van der Waals surface area contributed by atoms with Crippen LogP contribution in [0.25, 0.3) is 10.9 Å². The maximum Gasteiger partial charge on any atom is 0.407 e. The largest absolute Gasteiger partial charge is 0.465 e. The lowest BCUT2D eigenvalue weighted by Gasteiger charge is -2.31.